The molecule has 0 radical (unpaired) electrons. The van der Waals surface area contributed by atoms with Gasteiger partial charge in [-0.05, 0) is 61.3 Å². The van der Waals surface area contributed by atoms with Gasteiger partial charge in [0.25, 0.3) is 0 Å². The van der Waals surface area contributed by atoms with Crippen LogP contribution in [-0.2, 0) is 13.1 Å². The number of halogens is 1. The Morgan fingerprint density at radius 2 is 1.50 bits per heavy atom. The number of rotatable bonds is 7. The molecular weight excluding hydrogens is 435 g/mol. The number of nitrogens with two attached hydrogens (primary N) is 1. The van der Waals surface area contributed by atoms with Crippen LogP contribution in [0.4, 0.5) is 5.69 Å². The van der Waals surface area contributed by atoms with E-state index in [9.17, 15) is 0 Å². The standard InChI is InChI=1S/C21H30N4.HI/c1-5-25(6-2)15-19-9-7-18(8-10-19)14-23-21(22)24-20-12-16(3)11-17(4)13-20;/h7-13H,5-6,14-15H2,1-4H3,(H3,22,23,24);1H. The Bertz CT molecular complexity index is 686. The van der Waals surface area contributed by atoms with Gasteiger partial charge in [-0.15, -0.1) is 24.0 Å². The number of guanidine groups is 1. The molecule has 26 heavy (non-hydrogen) atoms. The van der Waals surface area contributed by atoms with E-state index in [0.717, 1.165) is 30.9 Å². The Kier molecular flexibility index (Phi) is 9.65. The summed E-state index contributed by atoms with van der Waals surface area (Å²) in [5, 5.41) is 3.17. The molecular formula is C21H31IN4. The highest BCUT2D eigenvalue weighted by molar-refractivity contribution is 14.0. The Balaban J connectivity index is 0.00000338. The van der Waals surface area contributed by atoms with Crippen LogP contribution in [0.3, 0.4) is 0 Å². The molecule has 0 aromatic heterocycles. The summed E-state index contributed by atoms with van der Waals surface area (Å²) in [7, 11) is 0. The van der Waals surface area contributed by atoms with Crippen LogP contribution >= 0.6 is 24.0 Å². The quantitative estimate of drug-likeness (QED) is 0.354. The third-order valence-electron chi connectivity index (χ3n) is 4.25. The molecule has 0 bridgehead atoms. The van der Waals surface area contributed by atoms with E-state index in [1.807, 2.05) is 0 Å². The largest absolute Gasteiger partial charge is 0.370 e. The van der Waals surface area contributed by atoms with Crippen molar-refractivity contribution < 1.29 is 0 Å². The van der Waals surface area contributed by atoms with Crippen molar-refractivity contribution in [3.05, 3.63) is 64.7 Å². The minimum Gasteiger partial charge on any atom is -0.370 e. The van der Waals surface area contributed by atoms with Gasteiger partial charge >= 0.3 is 0 Å². The summed E-state index contributed by atoms with van der Waals surface area (Å²) < 4.78 is 0. The summed E-state index contributed by atoms with van der Waals surface area (Å²) in [5.41, 5.74) is 11.9. The number of nitrogens with zero attached hydrogens (tertiary/aromatic N) is 2. The summed E-state index contributed by atoms with van der Waals surface area (Å²) in [6.45, 7) is 12.3. The predicted octanol–water partition coefficient (Wildman–Crippen LogP) is 4.69. The van der Waals surface area contributed by atoms with Gasteiger partial charge < -0.3 is 11.1 Å². The van der Waals surface area contributed by atoms with Crippen molar-refractivity contribution in [3.8, 4) is 0 Å². The van der Waals surface area contributed by atoms with Crippen molar-refractivity contribution in [1.82, 2.24) is 4.90 Å². The molecule has 0 aliphatic heterocycles. The number of anilines is 1. The Labute approximate surface area is 174 Å². The number of hydrogen-bond acceptors (Lipinski definition) is 2. The van der Waals surface area contributed by atoms with Crippen molar-refractivity contribution in [2.75, 3.05) is 18.4 Å². The number of nitrogens with one attached hydrogen (secondary N) is 1. The second-order valence-electron chi connectivity index (χ2n) is 6.48. The van der Waals surface area contributed by atoms with Crippen LogP contribution in [0.15, 0.2) is 47.5 Å². The molecule has 0 fully saturated rings. The highest BCUT2D eigenvalue weighted by atomic mass is 127. The fraction of sp³-hybridized carbons (Fsp3) is 0.381. The molecule has 0 aliphatic rings. The number of aliphatic imine (C=N–C) groups is 1. The van der Waals surface area contributed by atoms with Crippen LogP contribution in [-0.4, -0.2) is 23.9 Å². The Morgan fingerprint density at radius 1 is 0.962 bits per heavy atom. The van der Waals surface area contributed by atoms with Crippen LogP contribution in [0, 0.1) is 13.8 Å². The van der Waals surface area contributed by atoms with Crippen LogP contribution in [0.5, 0.6) is 0 Å². The zero-order valence-corrected chi connectivity index (χ0v) is 18.6. The highest BCUT2D eigenvalue weighted by Crippen LogP contribution is 2.13. The van der Waals surface area contributed by atoms with E-state index in [4.69, 9.17) is 5.73 Å². The average molecular weight is 466 g/mol. The minimum absolute atomic E-state index is 0. The van der Waals surface area contributed by atoms with E-state index in [0.29, 0.717) is 12.5 Å². The van der Waals surface area contributed by atoms with Crippen molar-refractivity contribution >= 4 is 35.6 Å². The first kappa shape index (κ1) is 22.4. The van der Waals surface area contributed by atoms with E-state index in [-0.39, 0.29) is 24.0 Å². The predicted molar refractivity (Wildman–Crippen MR) is 123 cm³/mol. The van der Waals surface area contributed by atoms with Gasteiger partial charge in [-0.25, -0.2) is 4.99 Å². The summed E-state index contributed by atoms with van der Waals surface area (Å²) in [6, 6.07) is 14.9. The maximum atomic E-state index is 6.02. The van der Waals surface area contributed by atoms with Gasteiger partial charge in [-0.1, -0.05) is 44.2 Å². The van der Waals surface area contributed by atoms with E-state index in [2.05, 4.69) is 85.4 Å². The molecule has 0 spiro atoms. The molecule has 0 heterocycles. The van der Waals surface area contributed by atoms with Crippen LogP contribution in [0.25, 0.3) is 0 Å². The first-order chi connectivity index (χ1) is 12.0. The lowest BCUT2D eigenvalue weighted by Crippen LogP contribution is -2.22. The molecule has 0 aliphatic carbocycles. The topological polar surface area (TPSA) is 53.6 Å². The average Bonchev–Trinajstić information content (AvgIpc) is 2.58. The summed E-state index contributed by atoms with van der Waals surface area (Å²) in [5.74, 6) is 0.442. The number of hydrogen-bond donors (Lipinski definition) is 2. The molecule has 3 N–H and O–H groups in total. The van der Waals surface area contributed by atoms with Gasteiger partial charge in [0.1, 0.15) is 0 Å². The van der Waals surface area contributed by atoms with Gasteiger partial charge in [0.2, 0.25) is 0 Å². The molecule has 5 heteroatoms. The summed E-state index contributed by atoms with van der Waals surface area (Å²) in [4.78, 5) is 6.85. The lowest BCUT2D eigenvalue weighted by molar-refractivity contribution is 0.296. The molecule has 0 saturated carbocycles. The maximum Gasteiger partial charge on any atom is 0.193 e. The molecule has 0 saturated heterocycles. The van der Waals surface area contributed by atoms with E-state index in [1.165, 1.54) is 16.7 Å². The molecule has 0 amide bonds. The van der Waals surface area contributed by atoms with Crippen molar-refractivity contribution in [2.45, 2.75) is 40.8 Å². The van der Waals surface area contributed by atoms with Crippen molar-refractivity contribution in [1.29, 1.82) is 0 Å². The maximum absolute atomic E-state index is 6.02. The third-order valence-corrected chi connectivity index (χ3v) is 4.25. The molecule has 2 aromatic carbocycles. The third kappa shape index (κ3) is 7.33. The zero-order chi connectivity index (χ0) is 18.2. The van der Waals surface area contributed by atoms with E-state index >= 15 is 0 Å². The zero-order valence-electron chi connectivity index (χ0n) is 16.2. The molecule has 0 unspecified atom stereocenters. The van der Waals surface area contributed by atoms with E-state index < -0.39 is 0 Å². The van der Waals surface area contributed by atoms with Gasteiger partial charge in [0.05, 0.1) is 6.54 Å². The number of benzene rings is 2. The SMILES string of the molecule is CCN(CC)Cc1ccc(CN=C(N)Nc2cc(C)cc(C)c2)cc1.I. The van der Waals surface area contributed by atoms with Gasteiger partial charge in [0, 0.05) is 12.2 Å². The normalized spacial score (nSPS) is 11.3. The Morgan fingerprint density at radius 3 is 2.04 bits per heavy atom. The molecule has 142 valence electrons. The van der Waals surface area contributed by atoms with Crippen molar-refractivity contribution in [3.63, 3.8) is 0 Å². The lowest BCUT2D eigenvalue weighted by atomic mass is 10.1. The molecule has 0 atom stereocenters. The molecule has 4 nitrogen and oxygen atoms in total. The smallest absolute Gasteiger partial charge is 0.193 e. The summed E-state index contributed by atoms with van der Waals surface area (Å²) >= 11 is 0. The first-order valence-corrected chi connectivity index (χ1v) is 8.95. The molecule has 2 rings (SSSR count). The monoisotopic (exact) mass is 466 g/mol. The van der Waals surface area contributed by atoms with Gasteiger partial charge in [-0.3, -0.25) is 4.90 Å². The van der Waals surface area contributed by atoms with Crippen LogP contribution in [0.1, 0.15) is 36.1 Å². The fourth-order valence-electron chi connectivity index (χ4n) is 2.87. The summed E-state index contributed by atoms with van der Waals surface area (Å²) in [6.07, 6.45) is 0. The second-order valence-corrected chi connectivity index (χ2v) is 6.48. The van der Waals surface area contributed by atoms with Crippen LogP contribution in [0.2, 0.25) is 0 Å². The first-order valence-electron chi connectivity index (χ1n) is 8.95. The second kappa shape index (κ2) is 11.2. The molecule has 2 aromatic rings. The van der Waals surface area contributed by atoms with Gasteiger partial charge in [0.15, 0.2) is 5.96 Å². The van der Waals surface area contributed by atoms with Gasteiger partial charge in [-0.2, -0.15) is 0 Å². The number of aryl methyl sites for hydroxylation is 2. The Hall–Kier alpha value is -1.60. The lowest BCUT2D eigenvalue weighted by Gasteiger charge is -2.17. The van der Waals surface area contributed by atoms with E-state index in [1.54, 1.807) is 0 Å². The minimum atomic E-state index is 0. The highest BCUT2D eigenvalue weighted by Gasteiger charge is 2.02. The van der Waals surface area contributed by atoms with Crippen molar-refractivity contribution in [2.24, 2.45) is 10.7 Å². The fourth-order valence-corrected chi connectivity index (χ4v) is 2.87. The van der Waals surface area contributed by atoms with Crippen LogP contribution < -0.4 is 11.1 Å².